The van der Waals surface area contributed by atoms with E-state index in [0.717, 1.165) is 10.5 Å². The van der Waals surface area contributed by atoms with Gasteiger partial charge in [0.25, 0.3) is 0 Å². The minimum absolute atomic E-state index is 0.0175. The third-order valence-corrected chi connectivity index (χ3v) is 4.32. The zero-order chi connectivity index (χ0) is 14.5. The van der Waals surface area contributed by atoms with Crippen molar-refractivity contribution in [1.82, 2.24) is 5.43 Å². The Morgan fingerprint density at radius 2 is 1.75 bits per heavy atom. The van der Waals surface area contributed by atoms with Crippen LogP contribution in [0.25, 0.3) is 0 Å². The highest BCUT2D eigenvalue weighted by atomic mass is 32.2. The summed E-state index contributed by atoms with van der Waals surface area (Å²) in [6.45, 7) is 2.00. The van der Waals surface area contributed by atoms with Gasteiger partial charge in [0.15, 0.2) is 0 Å². The minimum atomic E-state index is -0.585. The van der Waals surface area contributed by atoms with Gasteiger partial charge in [-0.3, -0.25) is 11.3 Å². The molecule has 2 nitrogen and oxygen atoms in total. The molecule has 0 heterocycles. The molecule has 0 fully saturated rings. The van der Waals surface area contributed by atoms with Gasteiger partial charge in [0.2, 0.25) is 0 Å². The molecule has 3 N–H and O–H groups in total. The Kier molecular flexibility index (Phi) is 5.11. The molecule has 0 aliphatic rings. The summed E-state index contributed by atoms with van der Waals surface area (Å²) in [5.41, 5.74) is 3.60. The molecule has 0 bridgehead atoms. The van der Waals surface area contributed by atoms with Crippen LogP contribution in [-0.2, 0) is 0 Å². The summed E-state index contributed by atoms with van der Waals surface area (Å²) in [6, 6.07) is 11.1. The van der Waals surface area contributed by atoms with Gasteiger partial charge in [-0.2, -0.15) is 0 Å². The van der Waals surface area contributed by atoms with Crippen LogP contribution in [0.3, 0.4) is 0 Å². The fraction of sp³-hybridized carbons (Fsp3) is 0.200. The van der Waals surface area contributed by atoms with Crippen molar-refractivity contribution in [3.8, 4) is 0 Å². The van der Waals surface area contributed by atoms with Crippen molar-refractivity contribution in [3.63, 3.8) is 0 Å². The first-order valence-electron chi connectivity index (χ1n) is 6.22. The Balaban J connectivity index is 2.16. The molecule has 20 heavy (non-hydrogen) atoms. The van der Waals surface area contributed by atoms with Gasteiger partial charge in [-0.15, -0.1) is 11.8 Å². The number of aryl methyl sites for hydroxylation is 1. The maximum Gasteiger partial charge on any atom is 0.130 e. The zero-order valence-corrected chi connectivity index (χ0v) is 11.9. The first kappa shape index (κ1) is 15.0. The highest BCUT2D eigenvalue weighted by Crippen LogP contribution is 2.29. The van der Waals surface area contributed by atoms with Crippen molar-refractivity contribution < 1.29 is 8.78 Å². The number of rotatable bonds is 5. The maximum absolute atomic E-state index is 13.7. The first-order chi connectivity index (χ1) is 9.63. The SMILES string of the molecule is Cc1ccccc1SCC(NN)c1c(F)cccc1F. The van der Waals surface area contributed by atoms with E-state index in [-0.39, 0.29) is 5.56 Å². The smallest absolute Gasteiger partial charge is 0.130 e. The maximum atomic E-state index is 13.7. The zero-order valence-electron chi connectivity index (χ0n) is 11.1. The molecule has 0 aliphatic carbocycles. The normalized spacial score (nSPS) is 12.4. The van der Waals surface area contributed by atoms with Gasteiger partial charge in [0.1, 0.15) is 11.6 Å². The van der Waals surface area contributed by atoms with Gasteiger partial charge in [-0.05, 0) is 30.7 Å². The molecule has 2 aromatic rings. The van der Waals surface area contributed by atoms with Crippen LogP contribution in [0.5, 0.6) is 0 Å². The number of hydrogen-bond acceptors (Lipinski definition) is 3. The van der Waals surface area contributed by atoms with Gasteiger partial charge in [-0.1, -0.05) is 24.3 Å². The highest BCUT2D eigenvalue weighted by Gasteiger charge is 2.19. The Labute approximate surface area is 121 Å². The first-order valence-corrected chi connectivity index (χ1v) is 7.20. The summed E-state index contributed by atoms with van der Waals surface area (Å²) in [5, 5.41) is 0. The molecule has 1 atom stereocenters. The van der Waals surface area contributed by atoms with Crippen LogP contribution in [0.2, 0.25) is 0 Å². The largest absolute Gasteiger partial charge is 0.271 e. The standard InChI is InChI=1S/C15H16F2N2S/c1-10-5-2-3-8-14(10)20-9-13(19-18)15-11(16)6-4-7-12(15)17/h2-8,13,19H,9,18H2,1H3. The number of hydrogen-bond donors (Lipinski definition) is 2. The number of nitrogens with two attached hydrogens (primary N) is 1. The predicted molar refractivity (Wildman–Crippen MR) is 78.3 cm³/mol. The Morgan fingerprint density at radius 1 is 1.10 bits per heavy atom. The van der Waals surface area contributed by atoms with Crippen LogP contribution in [0.4, 0.5) is 8.78 Å². The molecule has 5 heteroatoms. The molecule has 106 valence electrons. The van der Waals surface area contributed by atoms with E-state index in [4.69, 9.17) is 5.84 Å². The Morgan fingerprint density at radius 3 is 2.35 bits per heavy atom. The summed E-state index contributed by atoms with van der Waals surface area (Å²) in [7, 11) is 0. The summed E-state index contributed by atoms with van der Waals surface area (Å²) in [5.74, 6) is 4.72. The molecule has 0 amide bonds. The van der Waals surface area contributed by atoms with E-state index in [9.17, 15) is 8.78 Å². The highest BCUT2D eigenvalue weighted by molar-refractivity contribution is 7.99. The van der Waals surface area contributed by atoms with Crippen LogP contribution in [0.15, 0.2) is 47.4 Å². The van der Waals surface area contributed by atoms with Crippen molar-refractivity contribution in [1.29, 1.82) is 0 Å². The molecule has 0 saturated carbocycles. The molecule has 0 spiro atoms. The lowest BCUT2D eigenvalue weighted by Crippen LogP contribution is -2.31. The number of benzene rings is 2. The summed E-state index contributed by atoms with van der Waals surface area (Å²) >= 11 is 1.52. The van der Waals surface area contributed by atoms with Gasteiger partial charge in [-0.25, -0.2) is 8.78 Å². The lowest BCUT2D eigenvalue weighted by molar-refractivity contribution is 0.500. The van der Waals surface area contributed by atoms with E-state index < -0.39 is 17.7 Å². The van der Waals surface area contributed by atoms with Gasteiger partial charge in [0, 0.05) is 16.2 Å². The van der Waals surface area contributed by atoms with E-state index >= 15 is 0 Å². The lowest BCUT2D eigenvalue weighted by atomic mass is 10.1. The van der Waals surface area contributed by atoms with E-state index in [1.165, 1.54) is 30.0 Å². The summed E-state index contributed by atoms with van der Waals surface area (Å²) < 4.78 is 27.5. The van der Waals surface area contributed by atoms with Crippen molar-refractivity contribution in [2.75, 3.05) is 5.75 Å². The van der Waals surface area contributed by atoms with Crippen LogP contribution in [0, 0.1) is 18.6 Å². The topological polar surface area (TPSA) is 38.0 Å². The van der Waals surface area contributed by atoms with Crippen LogP contribution in [-0.4, -0.2) is 5.75 Å². The lowest BCUT2D eigenvalue weighted by Gasteiger charge is -2.18. The third kappa shape index (κ3) is 3.36. The molecule has 0 aliphatic heterocycles. The number of nitrogens with one attached hydrogen (secondary N) is 1. The summed E-state index contributed by atoms with van der Waals surface area (Å²) in [6.07, 6.45) is 0. The van der Waals surface area contributed by atoms with Crippen LogP contribution >= 0.6 is 11.8 Å². The average Bonchev–Trinajstić information content (AvgIpc) is 2.43. The number of hydrazine groups is 1. The van der Waals surface area contributed by atoms with Gasteiger partial charge in [0.05, 0.1) is 6.04 Å². The third-order valence-electron chi connectivity index (χ3n) is 3.05. The molecular weight excluding hydrogens is 278 g/mol. The molecule has 2 rings (SSSR count). The molecular formula is C15H16F2N2S. The van der Waals surface area contributed by atoms with Crippen LogP contribution < -0.4 is 11.3 Å². The Hall–Kier alpha value is -1.43. The second-order valence-corrected chi connectivity index (χ2v) is 5.49. The monoisotopic (exact) mass is 294 g/mol. The van der Waals surface area contributed by atoms with E-state index in [0.29, 0.717) is 5.75 Å². The van der Waals surface area contributed by atoms with Crippen molar-refractivity contribution >= 4 is 11.8 Å². The second-order valence-electron chi connectivity index (χ2n) is 4.43. The Bertz CT molecular complexity index is 570. The molecule has 0 saturated heterocycles. The molecule has 0 aromatic heterocycles. The van der Waals surface area contributed by atoms with Crippen molar-refractivity contribution in [2.24, 2.45) is 5.84 Å². The van der Waals surface area contributed by atoms with Crippen molar-refractivity contribution in [2.45, 2.75) is 17.9 Å². The van der Waals surface area contributed by atoms with Gasteiger partial charge < -0.3 is 0 Å². The van der Waals surface area contributed by atoms with E-state index in [1.54, 1.807) is 0 Å². The quantitative estimate of drug-likeness (QED) is 0.503. The van der Waals surface area contributed by atoms with E-state index in [2.05, 4.69) is 5.43 Å². The summed E-state index contributed by atoms with van der Waals surface area (Å²) in [4.78, 5) is 1.07. The minimum Gasteiger partial charge on any atom is -0.271 e. The second kappa shape index (κ2) is 6.83. The predicted octanol–water partition coefficient (Wildman–Crippen LogP) is 3.57. The fourth-order valence-electron chi connectivity index (χ4n) is 1.95. The van der Waals surface area contributed by atoms with E-state index in [1.807, 2.05) is 31.2 Å². The van der Waals surface area contributed by atoms with Crippen LogP contribution in [0.1, 0.15) is 17.2 Å². The van der Waals surface area contributed by atoms with Crippen molar-refractivity contribution in [3.05, 3.63) is 65.2 Å². The van der Waals surface area contributed by atoms with Gasteiger partial charge >= 0.3 is 0 Å². The average molecular weight is 294 g/mol. The number of halogens is 2. The molecule has 0 radical (unpaired) electrons. The molecule has 1 unspecified atom stereocenters. The number of thioether (sulfide) groups is 1. The molecule has 2 aromatic carbocycles. The fourth-order valence-corrected chi connectivity index (χ4v) is 3.03.